The molecule has 2 rings (SSSR count). The molecule has 8 heteroatoms. The molecule has 0 aromatic heterocycles. The second-order valence-electron chi connectivity index (χ2n) is 8.54. The molecule has 0 saturated carbocycles. The molecule has 32 heavy (non-hydrogen) atoms. The van der Waals surface area contributed by atoms with E-state index in [0.717, 1.165) is 16.5 Å². The van der Waals surface area contributed by atoms with Gasteiger partial charge >= 0.3 is 0 Å². The monoisotopic (exact) mass is 542 g/mol. The van der Waals surface area contributed by atoms with E-state index in [9.17, 15) is 9.59 Å². The zero-order chi connectivity index (χ0) is 24.1. The molecule has 0 aliphatic carbocycles. The van der Waals surface area contributed by atoms with Crippen molar-refractivity contribution >= 4 is 50.9 Å². The molecule has 0 radical (unpaired) electrons. The summed E-state index contributed by atoms with van der Waals surface area (Å²) >= 11 is 16.1. The zero-order valence-corrected chi connectivity index (χ0v) is 22.1. The number of aryl methyl sites for hydroxylation is 1. The lowest BCUT2D eigenvalue weighted by molar-refractivity contribution is -0.142. The van der Waals surface area contributed by atoms with Crippen molar-refractivity contribution in [2.24, 2.45) is 0 Å². The second-order valence-corrected chi connectivity index (χ2v) is 10.2. The maximum absolute atomic E-state index is 13.2. The van der Waals surface area contributed by atoms with E-state index in [2.05, 4.69) is 28.2 Å². The Morgan fingerprint density at radius 1 is 1.16 bits per heavy atom. The number of carbonyl (C=O) groups is 2. The van der Waals surface area contributed by atoms with Gasteiger partial charge in [-0.2, -0.15) is 0 Å². The van der Waals surface area contributed by atoms with Crippen LogP contribution in [0, 0.1) is 0 Å². The number of amides is 2. The zero-order valence-electron chi connectivity index (χ0n) is 19.0. The van der Waals surface area contributed by atoms with Crippen LogP contribution in [0.4, 0.5) is 0 Å². The van der Waals surface area contributed by atoms with Gasteiger partial charge in [0.25, 0.3) is 5.91 Å². The van der Waals surface area contributed by atoms with Gasteiger partial charge in [0.15, 0.2) is 6.61 Å². The van der Waals surface area contributed by atoms with E-state index in [1.54, 1.807) is 25.1 Å². The van der Waals surface area contributed by atoms with Crippen LogP contribution in [-0.2, 0) is 22.6 Å². The van der Waals surface area contributed by atoms with Gasteiger partial charge in [-0.1, -0.05) is 42.3 Å². The van der Waals surface area contributed by atoms with Crippen molar-refractivity contribution in [3.05, 3.63) is 62.0 Å². The van der Waals surface area contributed by atoms with Crippen LogP contribution in [0.15, 0.2) is 40.9 Å². The van der Waals surface area contributed by atoms with Crippen LogP contribution in [-0.4, -0.2) is 34.9 Å². The molecular formula is C24H29BrCl2N2O3. The van der Waals surface area contributed by atoms with Gasteiger partial charge in [0.05, 0.1) is 4.47 Å². The maximum atomic E-state index is 13.2. The molecule has 0 bridgehead atoms. The fraction of sp³-hybridized carbons (Fsp3) is 0.417. The average molecular weight is 544 g/mol. The Morgan fingerprint density at radius 2 is 1.78 bits per heavy atom. The minimum Gasteiger partial charge on any atom is -0.483 e. The lowest BCUT2D eigenvalue weighted by Gasteiger charge is -2.31. The van der Waals surface area contributed by atoms with E-state index in [4.69, 9.17) is 27.9 Å². The molecule has 0 spiro atoms. The molecule has 2 amide bonds. The van der Waals surface area contributed by atoms with Gasteiger partial charge in [0.2, 0.25) is 5.91 Å². The van der Waals surface area contributed by atoms with Crippen LogP contribution in [0.5, 0.6) is 5.75 Å². The highest BCUT2D eigenvalue weighted by atomic mass is 79.9. The number of nitrogens with zero attached hydrogens (tertiary/aromatic N) is 1. The van der Waals surface area contributed by atoms with Gasteiger partial charge in [-0.05, 0) is 79.9 Å². The van der Waals surface area contributed by atoms with Crippen molar-refractivity contribution in [1.29, 1.82) is 0 Å². The molecule has 1 N–H and O–H groups in total. The van der Waals surface area contributed by atoms with Crippen LogP contribution in [0.3, 0.4) is 0 Å². The number of ether oxygens (including phenoxy) is 1. The van der Waals surface area contributed by atoms with Crippen LogP contribution in [0.25, 0.3) is 0 Å². The largest absolute Gasteiger partial charge is 0.483 e. The summed E-state index contributed by atoms with van der Waals surface area (Å²) < 4.78 is 6.54. The average Bonchev–Trinajstić information content (AvgIpc) is 2.70. The molecule has 5 nitrogen and oxygen atoms in total. The van der Waals surface area contributed by atoms with Gasteiger partial charge < -0.3 is 15.0 Å². The van der Waals surface area contributed by atoms with E-state index in [-0.39, 0.29) is 25.0 Å². The molecule has 174 valence electrons. The van der Waals surface area contributed by atoms with E-state index >= 15 is 0 Å². The molecular weight excluding hydrogens is 515 g/mol. The SMILES string of the molecule is CCc1ccc(OCC(=O)N(Cc2c(Cl)cccc2Cl)[C@@H](C)C(=O)NC(C)(C)C)c(Br)c1. The van der Waals surface area contributed by atoms with Crippen molar-refractivity contribution in [2.45, 2.75) is 59.2 Å². The predicted molar refractivity (Wildman–Crippen MR) is 133 cm³/mol. The van der Waals surface area contributed by atoms with E-state index in [0.29, 0.717) is 21.4 Å². The van der Waals surface area contributed by atoms with Crippen molar-refractivity contribution in [3.8, 4) is 5.75 Å². The number of carbonyl (C=O) groups excluding carboxylic acids is 2. The Kier molecular flexibility index (Phi) is 9.43. The summed E-state index contributed by atoms with van der Waals surface area (Å²) in [6.45, 7) is 9.23. The normalized spacial score (nSPS) is 12.2. The van der Waals surface area contributed by atoms with E-state index in [1.165, 1.54) is 4.90 Å². The van der Waals surface area contributed by atoms with Crippen LogP contribution in [0.1, 0.15) is 45.7 Å². The number of hydrogen-bond acceptors (Lipinski definition) is 3. The fourth-order valence-electron chi connectivity index (χ4n) is 3.01. The first-order chi connectivity index (χ1) is 14.9. The maximum Gasteiger partial charge on any atom is 0.261 e. The number of halogens is 3. The Bertz CT molecular complexity index is 956. The molecule has 2 aromatic rings. The molecule has 0 unspecified atom stereocenters. The first-order valence-corrected chi connectivity index (χ1v) is 11.9. The molecule has 0 aliphatic heterocycles. The van der Waals surface area contributed by atoms with Crippen LogP contribution >= 0.6 is 39.1 Å². The third kappa shape index (κ3) is 7.39. The summed E-state index contributed by atoms with van der Waals surface area (Å²) in [5.41, 5.74) is 1.29. The third-order valence-corrected chi connectivity index (χ3v) is 6.14. The van der Waals surface area contributed by atoms with Gasteiger partial charge in [-0.15, -0.1) is 0 Å². The molecule has 1 atom stereocenters. The van der Waals surface area contributed by atoms with Gasteiger partial charge in [-0.3, -0.25) is 9.59 Å². The van der Waals surface area contributed by atoms with Crippen LogP contribution < -0.4 is 10.1 Å². The highest BCUT2D eigenvalue weighted by Gasteiger charge is 2.29. The van der Waals surface area contributed by atoms with Crippen molar-refractivity contribution in [2.75, 3.05) is 6.61 Å². The quantitative estimate of drug-likeness (QED) is 0.442. The first kappa shape index (κ1) is 26.5. The summed E-state index contributed by atoms with van der Waals surface area (Å²) in [6.07, 6.45) is 0.893. The Morgan fingerprint density at radius 3 is 2.31 bits per heavy atom. The fourth-order valence-corrected chi connectivity index (χ4v) is 4.07. The van der Waals surface area contributed by atoms with Gasteiger partial charge in [0.1, 0.15) is 11.8 Å². The van der Waals surface area contributed by atoms with Gasteiger partial charge in [-0.25, -0.2) is 0 Å². The lowest BCUT2D eigenvalue weighted by Crippen LogP contribution is -2.53. The lowest BCUT2D eigenvalue weighted by atomic mass is 10.1. The minimum atomic E-state index is -0.761. The smallest absolute Gasteiger partial charge is 0.261 e. The molecule has 0 heterocycles. The number of hydrogen-bond donors (Lipinski definition) is 1. The van der Waals surface area contributed by atoms with Gasteiger partial charge in [0, 0.05) is 27.7 Å². The van der Waals surface area contributed by atoms with Crippen molar-refractivity contribution in [1.82, 2.24) is 10.2 Å². The second kappa shape index (κ2) is 11.4. The minimum absolute atomic E-state index is 0.0787. The predicted octanol–water partition coefficient (Wildman–Crippen LogP) is 6.03. The molecule has 0 fully saturated rings. The summed E-state index contributed by atoms with van der Waals surface area (Å²) in [5.74, 6) is -0.0791. The molecule has 0 aliphatic rings. The molecule has 2 aromatic carbocycles. The number of nitrogens with one attached hydrogen (secondary N) is 1. The van der Waals surface area contributed by atoms with Crippen molar-refractivity contribution < 1.29 is 14.3 Å². The summed E-state index contributed by atoms with van der Waals surface area (Å²) in [4.78, 5) is 27.5. The summed E-state index contributed by atoms with van der Waals surface area (Å²) in [5, 5.41) is 3.77. The number of benzene rings is 2. The standard InChI is InChI=1S/C24H29BrCl2N2O3/c1-6-16-10-11-21(18(25)12-16)32-14-22(30)29(15(2)23(31)28-24(3,4)5)13-17-19(26)8-7-9-20(17)27/h7-12,15H,6,13-14H2,1-5H3,(H,28,31)/t15-/m0/s1. The Labute approximate surface area is 208 Å². The highest BCUT2D eigenvalue weighted by Crippen LogP contribution is 2.28. The third-order valence-electron chi connectivity index (χ3n) is 4.81. The van der Waals surface area contributed by atoms with Crippen molar-refractivity contribution in [3.63, 3.8) is 0 Å². The Hall–Kier alpha value is -1.76. The Balaban J connectivity index is 2.26. The highest BCUT2D eigenvalue weighted by molar-refractivity contribution is 9.10. The van der Waals surface area contributed by atoms with E-state index < -0.39 is 11.6 Å². The summed E-state index contributed by atoms with van der Waals surface area (Å²) in [7, 11) is 0. The number of rotatable bonds is 8. The summed E-state index contributed by atoms with van der Waals surface area (Å²) in [6, 6.07) is 10.1. The van der Waals surface area contributed by atoms with Crippen LogP contribution in [0.2, 0.25) is 10.0 Å². The first-order valence-electron chi connectivity index (χ1n) is 10.4. The topological polar surface area (TPSA) is 58.6 Å². The molecule has 0 saturated heterocycles. The van der Waals surface area contributed by atoms with E-state index in [1.807, 2.05) is 39.0 Å².